The van der Waals surface area contributed by atoms with Crippen molar-refractivity contribution in [1.82, 2.24) is 4.90 Å². The number of amides is 2. The molecule has 0 saturated carbocycles. The zero-order chi connectivity index (χ0) is 26.7. The summed E-state index contributed by atoms with van der Waals surface area (Å²) in [7, 11) is 0. The average molecular weight is 506 g/mol. The summed E-state index contributed by atoms with van der Waals surface area (Å²) in [6.07, 6.45) is 0.767. The standard InChI is InChI=1S/C33H35N3O2/c1-25-13-9-11-19-30(25)34-32(37)23-36(24-33(38)35-31-20-12-10-14-26(31)2)22-21-29(27-15-5-3-6-16-27)28-17-7-4-8-18-28/h3-20,29H,21-24H2,1-2H3,(H,34,37)(H,35,38). The highest BCUT2D eigenvalue weighted by Crippen LogP contribution is 2.28. The molecule has 0 heterocycles. The molecule has 4 rings (SSSR count). The summed E-state index contributed by atoms with van der Waals surface area (Å²) < 4.78 is 0. The van der Waals surface area contributed by atoms with Gasteiger partial charge in [0.25, 0.3) is 0 Å². The molecule has 0 aliphatic heterocycles. The van der Waals surface area contributed by atoms with Gasteiger partial charge in [-0.05, 0) is 54.7 Å². The molecule has 0 unspecified atom stereocenters. The van der Waals surface area contributed by atoms with Crippen LogP contribution in [0.25, 0.3) is 0 Å². The predicted molar refractivity (Wildman–Crippen MR) is 155 cm³/mol. The fourth-order valence-corrected chi connectivity index (χ4v) is 4.63. The normalized spacial score (nSPS) is 10.9. The molecule has 4 aromatic rings. The molecule has 0 radical (unpaired) electrons. The first-order valence-corrected chi connectivity index (χ1v) is 13.0. The second-order valence-corrected chi connectivity index (χ2v) is 9.60. The van der Waals surface area contributed by atoms with Gasteiger partial charge in [-0.2, -0.15) is 0 Å². The van der Waals surface area contributed by atoms with E-state index in [1.807, 2.05) is 104 Å². The predicted octanol–water partition coefficient (Wildman–Crippen LogP) is 6.40. The van der Waals surface area contributed by atoms with E-state index in [0.29, 0.717) is 6.54 Å². The summed E-state index contributed by atoms with van der Waals surface area (Å²) in [6, 6.07) is 36.2. The lowest BCUT2D eigenvalue weighted by Gasteiger charge is -2.25. The summed E-state index contributed by atoms with van der Waals surface area (Å²) in [4.78, 5) is 28.1. The summed E-state index contributed by atoms with van der Waals surface area (Å²) in [5, 5.41) is 6.02. The number of aryl methyl sites for hydroxylation is 2. The fraction of sp³-hybridized carbons (Fsp3) is 0.212. The Bertz CT molecular complexity index is 1240. The molecule has 2 N–H and O–H groups in total. The summed E-state index contributed by atoms with van der Waals surface area (Å²) in [5.41, 5.74) is 6.00. The van der Waals surface area contributed by atoms with Crippen molar-refractivity contribution in [3.63, 3.8) is 0 Å². The maximum atomic E-state index is 13.1. The molecule has 5 nitrogen and oxygen atoms in total. The van der Waals surface area contributed by atoms with Crippen molar-refractivity contribution >= 4 is 23.2 Å². The van der Waals surface area contributed by atoms with Gasteiger partial charge in [0, 0.05) is 23.8 Å². The van der Waals surface area contributed by atoms with E-state index < -0.39 is 0 Å². The van der Waals surface area contributed by atoms with E-state index in [1.165, 1.54) is 11.1 Å². The van der Waals surface area contributed by atoms with E-state index in [4.69, 9.17) is 0 Å². The Kier molecular flexibility index (Phi) is 9.43. The Morgan fingerprint density at radius 1 is 0.605 bits per heavy atom. The Morgan fingerprint density at radius 3 is 1.42 bits per heavy atom. The molecule has 0 atom stereocenters. The van der Waals surface area contributed by atoms with Crippen molar-refractivity contribution in [3.05, 3.63) is 131 Å². The smallest absolute Gasteiger partial charge is 0.238 e. The van der Waals surface area contributed by atoms with E-state index >= 15 is 0 Å². The van der Waals surface area contributed by atoms with Crippen LogP contribution in [0.2, 0.25) is 0 Å². The molecule has 5 heteroatoms. The minimum Gasteiger partial charge on any atom is -0.325 e. The van der Waals surface area contributed by atoms with Gasteiger partial charge in [-0.3, -0.25) is 14.5 Å². The number of hydrogen-bond acceptors (Lipinski definition) is 3. The van der Waals surface area contributed by atoms with Crippen LogP contribution in [0.3, 0.4) is 0 Å². The van der Waals surface area contributed by atoms with Gasteiger partial charge in [0.1, 0.15) is 0 Å². The second-order valence-electron chi connectivity index (χ2n) is 9.60. The highest BCUT2D eigenvalue weighted by atomic mass is 16.2. The molecule has 0 aliphatic carbocycles. The Morgan fingerprint density at radius 2 is 1.00 bits per heavy atom. The van der Waals surface area contributed by atoms with Crippen LogP contribution in [0.4, 0.5) is 11.4 Å². The molecule has 0 saturated heterocycles. The molecule has 0 fully saturated rings. The third-order valence-corrected chi connectivity index (χ3v) is 6.71. The molecule has 38 heavy (non-hydrogen) atoms. The van der Waals surface area contributed by atoms with Crippen LogP contribution in [0, 0.1) is 13.8 Å². The molecular formula is C33H35N3O2. The van der Waals surface area contributed by atoms with Crippen LogP contribution in [0.5, 0.6) is 0 Å². The first-order chi connectivity index (χ1) is 18.5. The van der Waals surface area contributed by atoms with Crippen LogP contribution in [0.15, 0.2) is 109 Å². The number of nitrogens with one attached hydrogen (secondary N) is 2. The van der Waals surface area contributed by atoms with Gasteiger partial charge in [0.2, 0.25) is 11.8 Å². The zero-order valence-corrected chi connectivity index (χ0v) is 22.1. The van der Waals surface area contributed by atoms with Crippen molar-refractivity contribution in [3.8, 4) is 0 Å². The summed E-state index contributed by atoms with van der Waals surface area (Å²) in [5.74, 6) is -0.128. The van der Waals surface area contributed by atoms with Crippen LogP contribution in [0.1, 0.15) is 34.6 Å². The van der Waals surface area contributed by atoms with Gasteiger partial charge in [-0.15, -0.1) is 0 Å². The summed E-state index contributed by atoms with van der Waals surface area (Å²) in [6.45, 7) is 4.75. The molecular weight excluding hydrogens is 470 g/mol. The second kappa shape index (κ2) is 13.4. The minimum absolute atomic E-state index is 0.117. The highest BCUT2D eigenvalue weighted by Gasteiger charge is 2.20. The molecule has 2 amide bonds. The third kappa shape index (κ3) is 7.64. The number of benzene rings is 4. The number of anilines is 2. The number of hydrogen-bond donors (Lipinski definition) is 2. The summed E-state index contributed by atoms with van der Waals surface area (Å²) >= 11 is 0. The van der Waals surface area contributed by atoms with Gasteiger partial charge in [0.15, 0.2) is 0 Å². The molecule has 0 aliphatic rings. The lowest BCUT2D eigenvalue weighted by atomic mass is 9.88. The van der Waals surface area contributed by atoms with E-state index in [9.17, 15) is 9.59 Å². The lowest BCUT2D eigenvalue weighted by Crippen LogP contribution is -2.40. The first-order valence-electron chi connectivity index (χ1n) is 13.0. The SMILES string of the molecule is Cc1ccccc1NC(=O)CN(CCC(c1ccccc1)c1ccccc1)CC(=O)Nc1ccccc1C. The number of para-hydroxylation sites is 2. The Balaban J connectivity index is 1.50. The largest absolute Gasteiger partial charge is 0.325 e. The van der Waals surface area contributed by atoms with Gasteiger partial charge < -0.3 is 10.6 Å². The maximum absolute atomic E-state index is 13.1. The van der Waals surface area contributed by atoms with E-state index in [-0.39, 0.29) is 30.8 Å². The topological polar surface area (TPSA) is 61.4 Å². The van der Waals surface area contributed by atoms with Crippen molar-refractivity contribution < 1.29 is 9.59 Å². The highest BCUT2D eigenvalue weighted by molar-refractivity contribution is 5.95. The van der Waals surface area contributed by atoms with E-state index in [1.54, 1.807) is 0 Å². The van der Waals surface area contributed by atoms with E-state index in [2.05, 4.69) is 34.9 Å². The van der Waals surface area contributed by atoms with Gasteiger partial charge in [0.05, 0.1) is 13.1 Å². The zero-order valence-electron chi connectivity index (χ0n) is 22.1. The van der Waals surface area contributed by atoms with Gasteiger partial charge in [-0.25, -0.2) is 0 Å². The van der Waals surface area contributed by atoms with Crippen LogP contribution >= 0.6 is 0 Å². The fourth-order valence-electron chi connectivity index (χ4n) is 4.63. The molecule has 194 valence electrons. The Hall–Kier alpha value is -4.22. The lowest BCUT2D eigenvalue weighted by molar-refractivity contribution is -0.120. The molecule has 4 aromatic carbocycles. The van der Waals surface area contributed by atoms with Gasteiger partial charge >= 0.3 is 0 Å². The number of rotatable bonds is 11. The van der Waals surface area contributed by atoms with Crippen molar-refractivity contribution in [1.29, 1.82) is 0 Å². The Labute approximate surface area is 225 Å². The number of nitrogens with zero attached hydrogens (tertiary/aromatic N) is 1. The van der Waals surface area contributed by atoms with Crippen molar-refractivity contribution in [2.45, 2.75) is 26.2 Å². The molecule has 0 bridgehead atoms. The van der Waals surface area contributed by atoms with Gasteiger partial charge in [-0.1, -0.05) is 97.1 Å². The average Bonchev–Trinajstić information content (AvgIpc) is 2.92. The number of carbonyl (C=O) groups is 2. The van der Waals surface area contributed by atoms with Crippen LogP contribution in [-0.4, -0.2) is 36.3 Å². The third-order valence-electron chi connectivity index (χ3n) is 6.71. The maximum Gasteiger partial charge on any atom is 0.238 e. The molecule has 0 spiro atoms. The first kappa shape index (κ1) is 26.8. The quantitative estimate of drug-likeness (QED) is 0.248. The minimum atomic E-state index is -0.140. The number of carbonyl (C=O) groups excluding carboxylic acids is 2. The van der Waals surface area contributed by atoms with Crippen molar-refractivity contribution in [2.24, 2.45) is 0 Å². The van der Waals surface area contributed by atoms with Crippen molar-refractivity contribution in [2.75, 3.05) is 30.3 Å². The van der Waals surface area contributed by atoms with Crippen LogP contribution in [-0.2, 0) is 9.59 Å². The van der Waals surface area contributed by atoms with E-state index in [0.717, 1.165) is 28.9 Å². The van der Waals surface area contributed by atoms with Crippen LogP contribution < -0.4 is 10.6 Å². The monoisotopic (exact) mass is 505 g/mol. The molecule has 0 aromatic heterocycles.